The third-order valence-electron chi connectivity index (χ3n) is 4.15. The molecular formula is C21H29N3O4. The van der Waals surface area contributed by atoms with Crippen molar-refractivity contribution in [3.63, 3.8) is 0 Å². The van der Waals surface area contributed by atoms with E-state index in [4.69, 9.17) is 4.74 Å². The summed E-state index contributed by atoms with van der Waals surface area (Å²) >= 11 is 0. The third-order valence-corrected chi connectivity index (χ3v) is 4.15. The van der Waals surface area contributed by atoms with Crippen molar-refractivity contribution in [1.29, 1.82) is 0 Å². The topological polar surface area (TPSA) is 96.5 Å². The first-order valence-electron chi connectivity index (χ1n) is 9.57. The molecule has 1 saturated carbocycles. The molecule has 1 aromatic carbocycles. The molecular weight excluding hydrogens is 358 g/mol. The van der Waals surface area contributed by atoms with E-state index in [9.17, 15) is 14.4 Å². The molecule has 0 aromatic heterocycles. The fourth-order valence-corrected chi connectivity index (χ4v) is 2.87. The first-order valence-corrected chi connectivity index (χ1v) is 9.57. The summed E-state index contributed by atoms with van der Waals surface area (Å²) in [4.78, 5) is 35.4. The highest BCUT2D eigenvalue weighted by molar-refractivity contribution is 5.99. The van der Waals surface area contributed by atoms with Crippen molar-refractivity contribution in [2.75, 3.05) is 17.2 Å². The number of alkyl carbamates (subject to hydrolysis) is 1. The van der Waals surface area contributed by atoms with E-state index in [2.05, 4.69) is 16.0 Å². The first-order chi connectivity index (χ1) is 13.2. The van der Waals surface area contributed by atoms with Crippen LogP contribution in [0.3, 0.4) is 0 Å². The molecule has 0 spiro atoms. The lowest BCUT2D eigenvalue weighted by Crippen LogP contribution is -2.37. The highest BCUT2D eigenvalue weighted by Gasteiger charge is 2.16. The fourth-order valence-electron chi connectivity index (χ4n) is 2.87. The minimum atomic E-state index is -0.647. The maximum Gasteiger partial charge on any atom is 0.408 e. The van der Waals surface area contributed by atoms with Crippen LogP contribution in [0.25, 0.3) is 0 Å². The molecule has 0 aliphatic heterocycles. The van der Waals surface area contributed by atoms with Crippen LogP contribution in [0.1, 0.15) is 46.5 Å². The summed E-state index contributed by atoms with van der Waals surface area (Å²) in [6.07, 6.45) is 7.70. The van der Waals surface area contributed by atoms with Crippen molar-refractivity contribution in [3.05, 3.63) is 36.4 Å². The lowest BCUT2D eigenvalue weighted by Gasteiger charge is -2.19. The van der Waals surface area contributed by atoms with Gasteiger partial charge in [-0.3, -0.25) is 9.59 Å². The van der Waals surface area contributed by atoms with Gasteiger partial charge in [0, 0.05) is 11.4 Å². The molecule has 7 nitrogen and oxygen atoms in total. The molecule has 0 bridgehead atoms. The number of amides is 3. The van der Waals surface area contributed by atoms with Crippen molar-refractivity contribution in [1.82, 2.24) is 5.32 Å². The summed E-state index contributed by atoms with van der Waals surface area (Å²) in [5.41, 5.74) is 0.592. The summed E-state index contributed by atoms with van der Waals surface area (Å²) < 4.78 is 5.07. The van der Waals surface area contributed by atoms with Crippen LogP contribution in [0.2, 0.25) is 0 Å². The van der Waals surface area contributed by atoms with E-state index in [1.807, 2.05) is 6.08 Å². The van der Waals surface area contributed by atoms with Gasteiger partial charge in [-0.1, -0.05) is 18.9 Å². The molecule has 1 aliphatic carbocycles. The Labute approximate surface area is 165 Å². The van der Waals surface area contributed by atoms with E-state index in [1.54, 1.807) is 51.1 Å². The molecule has 1 aromatic rings. The van der Waals surface area contributed by atoms with Gasteiger partial charge in [0.05, 0.1) is 0 Å². The van der Waals surface area contributed by atoms with Crippen LogP contribution in [-0.4, -0.2) is 30.1 Å². The van der Waals surface area contributed by atoms with Gasteiger partial charge in [-0.25, -0.2) is 4.79 Å². The Morgan fingerprint density at radius 1 is 1.04 bits per heavy atom. The molecule has 3 N–H and O–H groups in total. The van der Waals surface area contributed by atoms with Crippen LogP contribution in [0.15, 0.2) is 36.4 Å². The number of anilines is 2. The number of allylic oxidation sites excluding steroid dienone is 1. The summed E-state index contributed by atoms with van der Waals surface area (Å²) in [6.45, 7) is 5.05. The fraction of sp³-hybridized carbons (Fsp3) is 0.476. The van der Waals surface area contributed by atoms with Crippen LogP contribution in [0, 0.1) is 5.92 Å². The molecule has 152 valence electrons. The summed E-state index contributed by atoms with van der Waals surface area (Å²) in [5, 5.41) is 7.86. The largest absolute Gasteiger partial charge is 0.444 e. The maximum atomic E-state index is 12.0. The standard InChI is InChI=1S/C21H29N3O4/c1-21(2,3)28-20(27)22-14-19(26)24-17-11-9-16(10-12-17)23-18(25)13-8-15-6-4-5-7-15/h8-13,15H,4-7,14H2,1-3H3,(H,22,27)(H,23,25)(H,24,26)/b13-8+. The second kappa shape index (κ2) is 9.92. The minimum absolute atomic E-state index is 0.162. The molecule has 0 atom stereocenters. The van der Waals surface area contributed by atoms with Gasteiger partial charge < -0.3 is 20.7 Å². The third kappa shape index (κ3) is 8.24. The van der Waals surface area contributed by atoms with Gasteiger partial charge in [0.1, 0.15) is 12.1 Å². The zero-order valence-corrected chi connectivity index (χ0v) is 16.7. The number of ether oxygens (including phenoxy) is 1. The van der Waals surface area contributed by atoms with Gasteiger partial charge in [0.2, 0.25) is 11.8 Å². The minimum Gasteiger partial charge on any atom is -0.444 e. The van der Waals surface area contributed by atoms with E-state index >= 15 is 0 Å². The van der Waals surface area contributed by atoms with Crippen LogP contribution in [0.4, 0.5) is 16.2 Å². The van der Waals surface area contributed by atoms with Gasteiger partial charge in [-0.2, -0.15) is 0 Å². The van der Waals surface area contributed by atoms with Crippen LogP contribution >= 0.6 is 0 Å². The summed E-state index contributed by atoms with van der Waals surface area (Å²) in [6, 6.07) is 6.78. The quantitative estimate of drug-likeness (QED) is 0.646. The van der Waals surface area contributed by atoms with Crippen molar-refractivity contribution in [2.24, 2.45) is 5.92 Å². The average molecular weight is 387 g/mol. The van der Waals surface area contributed by atoms with Gasteiger partial charge >= 0.3 is 6.09 Å². The summed E-state index contributed by atoms with van der Waals surface area (Å²) in [7, 11) is 0. The van der Waals surface area contributed by atoms with Gasteiger partial charge in [0.25, 0.3) is 0 Å². The van der Waals surface area contributed by atoms with E-state index in [0.717, 1.165) is 12.8 Å². The lowest BCUT2D eigenvalue weighted by atomic mass is 10.1. The van der Waals surface area contributed by atoms with Crippen LogP contribution in [0.5, 0.6) is 0 Å². The molecule has 3 amide bonds. The Morgan fingerprint density at radius 2 is 1.61 bits per heavy atom. The van der Waals surface area contributed by atoms with E-state index in [1.165, 1.54) is 12.8 Å². The number of carbonyl (C=O) groups excluding carboxylic acids is 3. The van der Waals surface area contributed by atoms with Crippen molar-refractivity contribution in [2.45, 2.75) is 52.1 Å². The molecule has 0 saturated heterocycles. The molecule has 1 aliphatic rings. The number of benzene rings is 1. The normalized spacial score (nSPS) is 14.7. The summed E-state index contributed by atoms with van der Waals surface area (Å²) in [5.74, 6) is -0.0231. The number of hydrogen-bond donors (Lipinski definition) is 3. The van der Waals surface area contributed by atoms with Crippen LogP contribution < -0.4 is 16.0 Å². The molecule has 0 unspecified atom stereocenters. The second-order valence-electron chi connectivity index (χ2n) is 7.87. The Kier molecular flexibility index (Phi) is 7.61. The van der Waals surface area contributed by atoms with E-state index in [-0.39, 0.29) is 18.4 Å². The SMILES string of the molecule is CC(C)(C)OC(=O)NCC(=O)Nc1ccc(NC(=O)/C=C/C2CCCC2)cc1. The Morgan fingerprint density at radius 3 is 2.18 bits per heavy atom. The highest BCUT2D eigenvalue weighted by Crippen LogP contribution is 2.25. The first kappa shape index (κ1) is 21.5. The second-order valence-corrected chi connectivity index (χ2v) is 7.87. The smallest absolute Gasteiger partial charge is 0.408 e. The van der Waals surface area contributed by atoms with Gasteiger partial charge in [0.15, 0.2) is 0 Å². The van der Waals surface area contributed by atoms with Gasteiger partial charge in [-0.05, 0) is 69.9 Å². The predicted molar refractivity (Wildman–Crippen MR) is 109 cm³/mol. The highest BCUT2D eigenvalue weighted by atomic mass is 16.6. The van der Waals surface area contributed by atoms with Gasteiger partial charge in [-0.15, -0.1) is 0 Å². The predicted octanol–water partition coefficient (Wildman–Crippen LogP) is 3.83. The number of nitrogens with one attached hydrogen (secondary N) is 3. The molecule has 7 heteroatoms. The molecule has 1 fully saturated rings. The van der Waals surface area contributed by atoms with E-state index < -0.39 is 11.7 Å². The monoisotopic (exact) mass is 387 g/mol. The molecule has 0 heterocycles. The Bertz CT molecular complexity index is 714. The zero-order valence-electron chi connectivity index (χ0n) is 16.7. The number of rotatable bonds is 6. The Balaban J connectivity index is 1.74. The average Bonchev–Trinajstić information content (AvgIpc) is 3.12. The zero-order chi connectivity index (χ0) is 20.6. The molecule has 28 heavy (non-hydrogen) atoms. The van der Waals surface area contributed by atoms with Crippen molar-refractivity contribution >= 4 is 29.3 Å². The molecule has 2 rings (SSSR count). The lowest BCUT2D eigenvalue weighted by molar-refractivity contribution is -0.115. The Hall–Kier alpha value is -2.83. The van der Waals surface area contributed by atoms with Crippen molar-refractivity contribution < 1.29 is 19.1 Å². The number of hydrogen-bond acceptors (Lipinski definition) is 4. The molecule has 0 radical (unpaired) electrons. The number of carbonyl (C=O) groups is 3. The maximum absolute atomic E-state index is 12.0. The van der Waals surface area contributed by atoms with Crippen molar-refractivity contribution in [3.8, 4) is 0 Å². The van der Waals surface area contributed by atoms with Crippen LogP contribution in [-0.2, 0) is 14.3 Å². The van der Waals surface area contributed by atoms with E-state index in [0.29, 0.717) is 17.3 Å².